The van der Waals surface area contributed by atoms with Crippen LogP contribution in [0.1, 0.15) is 40.5 Å². The van der Waals surface area contributed by atoms with Crippen molar-refractivity contribution in [1.29, 1.82) is 0 Å². The number of hydrogen-bond donors (Lipinski definition) is 1. The summed E-state index contributed by atoms with van der Waals surface area (Å²) in [4.78, 5) is 16.7. The standard InChI is InChI=1S/C19H22N6O/c1-13-6-7-16(11-14(13)2)19(17-5-4-9-20-12-17)21-18(26)8-10-25-15(3)22-23-24-25/h4-7,9,11-12,19H,8,10H2,1-3H3,(H,21,26). The van der Waals surface area contributed by atoms with Crippen molar-refractivity contribution in [3.63, 3.8) is 0 Å². The summed E-state index contributed by atoms with van der Waals surface area (Å²) in [7, 11) is 0. The fourth-order valence-corrected chi connectivity index (χ4v) is 2.75. The van der Waals surface area contributed by atoms with Crippen LogP contribution in [0.3, 0.4) is 0 Å². The topological polar surface area (TPSA) is 85.6 Å². The molecule has 3 rings (SSSR count). The molecule has 2 heterocycles. The van der Waals surface area contributed by atoms with Gasteiger partial charge in [-0.15, -0.1) is 5.10 Å². The molecule has 1 atom stereocenters. The molecule has 26 heavy (non-hydrogen) atoms. The molecular weight excluding hydrogens is 328 g/mol. The van der Waals surface area contributed by atoms with Gasteiger partial charge in [0, 0.05) is 18.8 Å². The second kappa shape index (κ2) is 7.86. The third kappa shape index (κ3) is 4.11. The number of aromatic nitrogens is 5. The molecule has 1 amide bonds. The van der Waals surface area contributed by atoms with Gasteiger partial charge in [-0.2, -0.15) is 0 Å². The Labute approximate surface area is 152 Å². The third-order valence-electron chi connectivity index (χ3n) is 4.45. The molecule has 134 valence electrons. The fourth-order valence-electron chi connectivity index (χ4n) is 2.75. The van der Waals surface area contributed by atoms with Crippen LogP contribution < -0.4 is 5.32 Å². The maximum Gasteiger partial charge on any atom is 0.222 e. The molecule has 1 N–H and O–H groups in total. The van der Waals surface area contributed by atoms with Crippen LogP contribution in [0.2, 0.25) is 0 Å². The lowest BCUT2D eigenvalue weighted by Gasteiger charge is -2.20. The number of rotatable bonds is 6. The summed E-state index contributed by atoms with van der Waals surface area (Å²) < 4.78 is 1.62. The van der Waals surface area contributed by atoms with Crippen molar-refractivity contribution in [1.82, 2.24) is 30.5 Å². The van der Waals surface area contributed by atoms with Gasteiger partial charge < -0.3 is 5.32 Å². The zero-order chi connectivity index (χ0) is 18.5. The van der Waals surface area contributed by atoms with E-state index in [1.165, 1.54) is 11.1 Å². The Bertz CT molecular complexity index is 890. The Kier molecular flexibility index (Phi) is 5.36. The Balaban J connectivity index is 1.78. The fraction of sp³-hybridized carbons (Fsp3) is 0.316. The van der Waals surface area contributed by atoms with Gasteiger partial charge in [0.25, 0.3) is 0 Å². The Morgan fingerprint density at radius 1 is 1.15 bits per heavy atom. The van der Waals surface area contributed by atoms with Crippen molar-refractivity contribution in [3.8, 4) is 0 Å². The average molecular weight is 350 g/mol. The monoisotopic (exact) mass is 350 g/mol. The van der Waals surface area contributed by atoms with Gasteiger partial charge in [-0.1, -0.05) is 24.3 Å². The lowest BCUT2D eigenvalue weighted by Crippen LogP contribution is -2.30. The first-order valence-electron chi connectivity index (χ1n) is 8.54. The van der Waals surface area contributed by atoms with Gasteiger partial charge >= 0.3 is 0 Å². The minimum Gasteiger partial charge on any atom is -0.345 e. The number of nitrogens with zero attached hydrogens (tertiary/aromatic N) is 5. The molecule has 7 nitrogen and oxygen atoms in total. The van der Waals surface area contributed by atoms with E-state index in [0.717, 1.165) is 11.1 Å². The molecule has 0 radical (unpaired) electrons. The SMILES string of the molecule is Cc1ccc(C(NC(=O)CCn2nnnc2C)c2cccnc2)cc1C. The average Bonchev–Trinajstić information content (AvgIpc) is 3.06. The number of aryl methyl sites for hydroxylation is 4. The predicted molar refractivity (Wildman–Crippen MR) is 97.3 cm³/mol. The predicted octanol–water partition coefficient (Wildman–Crippen LogP) is 2.29. The number of hydrogen-bond acceptors (Lipinski definition) is 5. The van der Waals surface area contributed by atoms with Crippen molar-refractivity contribution >= 4 is 5.91 Å². The molecule has 0 saturated heterocycles. The number of carbonyl (C=O) groups excluding carboxylic acids is 1. The number of pyridine rings is 1. The lowest BCUT2D eigenvalue weighted by molar-refractivity contribution is -0.121. The summed E-state index contributed by atoms with van der Waals surface area (Å²) in [6, 6.07) is 9.83. The summed E-state index contributed by atoms with van der Waals surface area (Å²) in [5, 5.41) is 14.4. The van der Waals surface area contributed by atoms with Gasteiger partial charge in [0.05, 0.1) is 12.6 Å². The number of benzene rings is 1. The maximum absolute atomic E-state index is 12.5. The zero-order valence-electron chi connectivity index (χ0n) is 15.2. The van der Waals surface area contributed by atoms with Crippen LogP contribution in [0.4, 0.5) is 0 Å². The van der Waals surface area contributed by atoms with Crippen LogP contribution >= 0.6 is 0 Å². The molecule has 0 aliphatic rings. The Morgan fingerprint density at radius 3 is 2.65 bits per heavy atom. The van der Waals surface area contributed by atoms with Crippen LogP contribution in [0.25, 0.3) is 0 Å². The second-order valence-electron chi connectivity index (χ2n) is 6.33. The third-order valence-corrected chi connectivity index (χ3v) is 4.45. The minimum absolute atomic E-state index is 0.0630. The highest BCUT2D eigenvalue weighted by atomic mass is 16.1. The molecule has 7 heteroatoms. The summed E-state index contributed by atoms with van der Waals surface area (Å²) in [5.74, 6) is 0.628. The van der Waals surface area contributed by atoms with E-state index >= 15 is 0 Å². The van der Waals surface area contributed by atoms with Gasteiger partial charge in [-0.25, -0.2) is 4.68 Å². The van der Waals surface area contributed by atoms with E-state index in [1.54, 1.807) is 17.1 Å². The number of carbonyl (C=O) groups is 1. The molecule has 0 bridgehead atoms. The zero-order valence-corrected chi connectivity index (χ0v) is 15.2. The van der Waals surface area contributed by atoms with Crippen LogP contribution in [-0.2, 0) is 11.3 Å². The second-order valence-corrected chi connectivity index (χ2v) is 6.33. The molecule has 3 aromatic rings. The van der Waals surface area contributed by atoms with Gasteiger partial charge in [-0.3, -0.25) is 9.78 Å². The Morgan fingerprint density at radius 2 is 2.00 bits per heavy atom. The van der Waals surface area contributed by atoms with E-state index in [1.807, 2.05) is 25.1 Å². The van der Waals surface area contributed by atoms with Crippen molar-refractivity contribution < 1.29 is 4.79 Å². The first kappa shape index (κ1) is 17.7. The summed E-state index contributed by atoms with van der Waals surface area (Å²) in [6.45, 7) is 6.40. The summed E-state index contributed by atoms with van der Waals surface area (Å²) >= 11 is 0. The molecule has 1 aromatic carbocycles. The smallest absolute Gasteiger partial charge is 0.222 e. The van der Waals surface area contributed by atoms with Crippen LogP contribution in [0.5, 0.6) is 0 Å². The number of nitrogens with one attached hydrogen (secondary N) is 1. The molecule has 0 saturated carbocycles. The summed E-state index contributed by atoms with van der Waals surface area (Å²) in [5.41, 5.74) is 4.39. The van der Waals surface area contributed by atoms with E-state index in [2.05, 4.69) is 51.8 Å². The van der Waals surface area contributed by atoms with Gasteiger partial charge in [0.1, 0.15) is 5.82 Å². The van der Waals surface area contributed by atoms with Gasteiger partial charge in [-0.05, 0) is 59.5 Å². The van der Waals surface area contributed by atoms with E-state index in [0.29, 0.717) is 18.8 Å². The highest BCUT2D eigenvalue weighted by molar-refractivity contribution is 5.77. The number of tetrazole rings is 1. The lowest BCUT2D eigenvalue weighted by atomic mass is 9.96. The van der Waals surface area contributed by atoms with Gasteiger partial charge in [0.2, 0.25) is 5.91 Å². The van der Waals surface area contributed by atoms with Crippen LogP contribution in [-0.4, -0.2) is 31.1 Å². The van der Waals surface area contributed by atoms with E-state index in [-0.39, 0.29) is 11.9 Å². The largest absolute Gasteiger partial charge is 0.345 e. The highest BCUT2D eigenvalue weighted by Crippen LogP contribution is 2.23. The molecule has 2 aromatic heterocycles. The summed E-state index contributed by atoms with van der Waals surface area (Å²) in [6.07, 6.45) is 3.81. The number of amides is 1. The van der Waals surface area contributed by atoms with Crippen molar-refractivity contribution in [3.05, 3.63) is 70.8 Å². The molecule has 0 aliphatic carbocycles. The molecular formula is C19H22N6O. The quantitative estimate of drug-likeness (QED) is 0.737. The van der Waals surface area contributed by atoms with E-state index in [4.69, 9.17) is 0 Å². The Hall–Kier alpha value is -3.09. The first-order chi connectivity index (χ1) is 12.5. The normalized spacial score (nSPS) is 12.0. The molecule has 1 unspecified atom stereocenters. The molecule has 0 fully saturated rings. The highest BCUT2D eigenvalue weighted by Gasteiger charge is 2.18. The first-order valence-corrected chi connectivity index (χ1v) is 8.54. The molecule has 0 spiro atoms. The maximum atomic E-state index is 12.5. The molecule has 0 aliphatic heterocycles. The van der Waals surface area contributed by atoms with Crippen molar-refractivity contribution in [2.24, 2.45) is 0 Å². The van der Waals surface area contributed by atoms with Crippen molar-refractivity contribution in [2.45, 2.75) is 39.8 Å². The van der Waals surface area contributed by atoms with Gasteiger partial charge in [0.15, 0.2) is 0 Å². The van der Waals surface area contributed by atoms with Crippen molar-refractivity contribution in [2.75, 3.05) is 0 Å². The van der Waals surface area contributed by atoms with Crippen LogP contribution in [0.15, 0.2) is 42.7 Å². The van der Waals surface area contributed by atoms with E-state index < -0.39 is 0 Å². The minimum atomic E-state index is -0.245. The van der Waals surface area contributed by atoms with Crippen LogP contribution in [0, 0.1) is 20.8 Å². The van der Waals surface area contributed by atoms with E-state index in [9.17, 15) is 4.79 Å².